The summed E-state index contributed by atoms with van der Waals surface area (Å²) in [7, 11) is 0. The number of aryl methyl sites for hydroxylation is 1. The lowest BCUT2D eigenvalue weighted by atomic mass is 9.90. The van der Waals surface area contributed by atoms with Gasteiger partial charge in [-0.05, 0) is 67.4 Å². The monoisotopic (exact) mass is 456 g/mol. The Morgan fingerprint density at radius 3 is 2.29 bits per heavy atom. The van der Waals surface area contributed by atoms with Gasteiger partial charge in [-0.25, -0.2) is 4.98 Å². The second-order valence-electron chi connectivity index (χ2n) is 10.2. The first kappa shape index (κ1) is 26.0. The lowest BCUT2D eigenvalue weighted by molar-refractivity contribution is 0.626. The van der Waals surface area contributed by atoms with Crippen LogP contribution in [0.1, 0.15) is 101 Å². The number of imidazole rings is 1. The third kappa shape index (κ3) is 7.72. The number of hydrogen-bond donors (Lipinski definition) is 1. The van der Waals surface area contributed by atoms with E-state index in [4.69, 9.17) is 0 Å². The van der Waals surface area contributed by atoms with Crippen LogP contribution in [0.5, 0.6) is 0 Å². The van der Waals surface area contributed by atoms with Gasteiger partial charge in [-0.15, -0.1) is 0 Å². The Morgan fingerprint density at radius 1 is 0.971 bits per heavy atom. The molecule has 0 spiro atoms. The molecular weight excluding hydrogens is 412 g/mol. The Bertz CT molecular complexity index is 1050. The molecule has 2 aliphatic carbocycles. The van der Waals surface area contributed by atoms with Gasteiger partial charge in [0, 0.05) is 11.8 Å². The highest BCUT2D eigenvalue weighted by molar-refractivity contribution is 5.75. The second kappa shape index (κ2) is 13.3. The number of H-pyrrole nitrogens is 1. The van der Waals surface area contributed by atoms with Gasteiger partial charge < -0.3 is 4.98 Å². The van der Waals surface area contributed by atoms with E-state index in [9.17, 15) is 0 Å². The van der Waals surface area contributed by atoms with E-state index in [1.165, 1.54) is 73.0 Å². The zero-order valence-electron chi connectivity index (χ0n) is 22.0. The van der Waals surface area contributed by atoms with E-state index in [1.807, 2.05) is 0 Å². The van der Waals surface area contributed by atoms with Crippen LogP contribution in [0.3, 0.4) is 0 Å². The van der Waals surface area contributed by atoms with Crippen LogP contribution in [-0.4, -0.2) is 9.97 Å². The van der Waals surface area contributed by atoms with E-state index < -0.39 is 0 Å². The van der Waals surface area contributed by atoms with Crippen LogP contribution >= 0.6 is 0 Å². The summed E-state index contributed by atoms with van der Waals surface area (Å²) in [6.07, 6.45) is 15.9. The number of hydrogen-bond acceptors (Lipinski definition) is 1. The van der Waals surface area contributed by atoms with Gasteiger partial charge in [0.2, 0.25) is 0 Å². The number of nitrogens with one attached hydrogen (secondary N) is 1. The molecule has 0 saturated heterocycles. The molecule has 5 rings (SSSR count). The molecule has 0 radical (unpaired) electrons. The van der Waals surface area contributed by atoms with Crippen molar-refractivity contribution in [2.24, 2.45) is 5.92 Å². The molecule has 182 valence electrons. The van der Waals surface area contributed by atoms with Crippen LogP contribution in [0.25, 0.3) is 11.0 Å². The molecule has 2 aliphatic rings. The standard InChI is InChI=1S/C14H16.C13H16N2.C5H12/c1-12(13-8-4-2-5-9-13)14-10-6-3-7-11-14;1-9-6-7-11-12(8-9)15-13(14-11)10-4-2-3-5-10;1-4-5(2)3/h2,4-6,8-12H,3,7H2,1H3;6-8,10H,2-5H2,1H3,(H,14,15);5H,4H2,1-3H3. The minimum atomic E-state index is 0.535. The predicted molar refractivity (Wildman–Crippen MR) is 148 cm³/mol. The largest absolute Gasteiger partial charge is 0.342 e. The topological polar surface area (TPSA) is 28.7 Å². The van der Waals surface area contributed by atoms with Crippen LogP contribution < -0.4 is 0 Å². The SMILES string of the molecule is CC(C1=CCCC=C1)c1ccccc1.CCC(C)C.Cc1ccc2nc(C3CCCC3)[nH]c2c1. The highest BCUT2D eigenvalue weighted by atomic mass is 14.9. The second-order valence-corrected chi connectivity index (χ2v) is 10.2. The van der Waals surface area contributed by atoms with E-state index in [2.05, 4.69) is 111 Å². The minimum Gasteiger partial charge on any atom is -0.342 e. The van der Waals surface area contributed by atoms with Crippen LogP contribution in [-0.2, 0) is 0 Å². The third-order valence-corrected chi connectivity index (χ3v) is 7.04. The lowest BCUT2D eigenvalue weighted by Gasteiger charge is -2.15. The smallest absolute Gasteiger partial charge is 0.110 e. The molecule has 1 heterocycles. The van der Waals surface area contributed by atoms with E-state index in [-0.39, 0.29) is 0 Å². The number of aromatic amines is 1. The Kier molecular flexibility index (Phi) is 10.2. The maximum absolute atomic E-state index is 4.68. The van der Waals surface area contributed by atoms with Gasteiger partial charge in [-0.1, -0.05) is 102 Å². The van der Waals surface area contributed by atoms with Crippen molar-refractivity contribution in [2.75, 3.05) is 0 Å². The van der Waals surface area contributed by atoms with Crippen molar-refractivity contribution < 1.29 is 0 Å². The highest BCUT2D eigenvalue weighted by Crippen LogP contribution is 2.33. The zero-order valence-corrected chi connectivity index (χ0v) is 22.0. The van der Waals surface area contributed by atoms with Crippen molar-refractivity contribution in [2.45, 2.75) is 91.4 Å². The van der Waals surface area contributed by atoms with E-state index in [0.717, 1.165) is 11.4 Å². The number of aromatic nitrogens is 2. The zero-order chi connectivity index (χ0) is 24.3. The first-order chi connectivity index (χ1) is 16.5. The fourth-order valence-electron chi connectivity index (χ4n) is 4.42. The molecule has 2 nitrogen and oxygen atoms in total. The van der Waals surface area contributed by atoms with Crippen LogP contribution in [0, 0.1) is 12.8 Å². The molecule has 1 atom stereocenters. The van der Waals surface area contributed by atoms with Crippen LogP contribution in [0.15, 0.2) is 72.3 Å². The molecule has 1 unspecified atom stereocenters. The number of fused-ring (bicyclic) bond motifs is 1. The Balaban J connectivity index is 0.000000160. The van der Waals surface area contributed by atoms with Crippen LogP contribution in [0.4, 0.5) is 0 Å². The minimum absolute atomic E-state index is 0.535. The fraction of sp³-hybridized carbons (Fsp3) is 0.469. The van der Waals surface area contributed by atoms with Gasteiger partial charge in [0.05, 0.1) is 11.0 Å². The van der Waals surface area contributed by atoms with E-state index in [1.54, 1.807) is 0 Å². The molecule has 1 saturated carbocycles. The Labute approximate surface area is 207 Å². The number of allylic oxidation sites excluding steroid dienone is 4. The third-order valence-electron chi connectivity index (χ3n) is 7.04. The maximum atomic E-state index is 4.68. The quantitative estimate of drug-likeness (QED) is 0.416. The molecule has 3 aromatic rings. The summed E-state index contributed by atoms with van der Waals surface area (Å²) < 4.78 is 0. The van der Waals surface area contributed by atoms with E-state index in [0.29, 0.717) is 11.8 Å². The highest BCUT2D eigenvalue weighted by Gasteiger charge is 2.20. The molecular formula is C32H44N2. The summed E-state index contributed by atoms with van der Waals surface area (Å²) in [6, 6.07) is 17.1. The summed E-state index contributed by atoms with van der Waals surface area (Å²) in [6.45, 7) is 11.0. The molecule has 1 fully saturated rings. The van der Waals surface area contributed by atoms with Gasteiger partial charge in [0.15, 0.2) is 0 Å². The van der Waals surface area contributed by atoms with Gasteiger partial charge in [0.25, 0.3) is 0 Å². The Hall–Kier alpha value is -2.61. The maximum Gasteiger partial charge on any atom is 0.110 e. The summed E-state index contributed by atoms with van der Waals surface area (Å²) in [4.78, 5) is 8.15. The van der Waals surface area contributed by atoms with Crippen molar-refractivity contribution in [3.63, 3.8) is 0 Å². The van der Waals surface area contributed by atoms with Crippen molar-refractivity contribution in [1.82, 2.24) is 9.97 Å². The van der Waals surface area contributed by atoms with Crippen molar-refractivity contribution in [1.29, 1.82) is 0 Å². The van der Waals surface area contributed by atoms with Gasteiger partial charge in [-0.3, -0.25) is 0 Å². The molecule has 0 amide bonds. The lowest BCUT2D eigenvalue weighted by Crippen LogP contribution is -1.97. The molecule has 1 N–H and O–H groups in total. The summed E-state index contributed by atoms with van der Waals surface area (Å²) in [5.41, 5.74) is 6.47. The number of benzene rings is 2. The Morgan fingerprint density at radius 2 is 1.68 bits per heavy atom. The molecule has 0 bridgehead atoms. The molecule has 34 heavy (non-hydrogen) atoms. The molecule has 2 heteroatoms. The van der Waals surface area contributed by atoms with Crippen LogP contribution in [0.2, 0.25) is 0 Å². The first-order valence-electron chi connectivity index (χ1n) is 13.4. The average molecular weight is 457 g/mol. The number of rotatable bonds is 4. The first-order valence-corrected chi connectivity index (χ1v) is 13.4. The normalized spacial score (nSPS) is 16.5. The summed E-state index contributed by atoms with van der Waals surface area (Å²) in [5.74, 6) is 3.30. The van der Waals surface area contributed by atoms with Crippen molar-refractivity contribution >= 4 is 11.0 Å². The summed E-state index contributed by atoms with van der Waals surface area (Å²) in [5, 5.41) is 0. The average Bonchev–Trinajstić information content (AvgIpc) is 3.55. The van der Waals surface area contributed by atoms with Crippen molar-refractivity contribution in [3.05, 3.63) is 89.3 Å². The van der Waals surface area contributed by atoms with Crippen molar-refractivity contribution in [3.8, 4) is 0 Å². The number of nitrogens with zero attached hydrogens (tertiary/aromatic N) is 1. The fourth-order valence-corrected chi connectivity index (χ4v) is 4.42. The van der Waals surface area contributed by atoms with Gasteiger partial charge in [0.1, 0.15) is 5.82 Å². The molecule has 0 aliphatic heterocycles. The van der Waals surface area contributed by atoms with Gasteiger partial charge >= 0.3 is 0 Å². The molecule has 2 aromatic carbocycles. The predicted octanol–water partition coefficient (Wildman–Crippen LogP) is 9.65. The van der Waals surface area contributed by atoms with E-state index >= 15 is 0 Å². The molecule has 1 aromatic heterocycles. The summed E-state index contributed by atoms with van der Waals surface area (Å²) >= 11 is 0. The van der Waals surface area contributed by atoms with Gasteiger partial charge in [-0.2, -0.15) is 0 Å².